The molecule has 0 bridgehead atoms. The Bertz CT molecular complexity index is 1200. The van der Waals surface area contributed by atoms with E-state index in [1.54, 1.807) is 21.3 Å². The average molecular weight is 438 g/mol. The summed E-state index contributed by atoms with van der Waals surface area (Å²) < 4.78 is 17.9. The highest BCUT2D eigenvalue weighted by Gasteiger charge is 2.15. The zero-order valence-corrected chi connectivity index (χ0v) is 18.4. The van der Waals surface area contributed by atoms with E-state index in [9.17, 15) is 4.79 Å². The molecule has 0 spiro atoms. The Labute approximate surface area is 184 Å². The summed E-state index contributed by atoms with van der Waals surface area (Å²) in [7, 11) is 4.88. The second-order valence-electron chi connectivity index (χ2n) is 6.87. The number of carbonyl (C=O) groups excluding carboxylic acids is 1. The molecule has 0 aliphatic carbocycles. The number of ether oxygens (including phenoxy) is 3. The smallest absolute Gasteiger partial charge is 0.226 e. The van der Waals surface area contributed by atoms with Gasteiger partial charge in [-0.1, -0.05) is 12.1 Å². The Hall–Kier alpha value is -3.52. The zero-order chi connectivity index (χ0) is 21.8. The highest BCUT2D eigenvalue weighted by atomic mass is 32.1. The number of thiazole rings is 1. The van der Waals surface area contributed by atoms with Crippen LogP contribution >= 0.6 is 11.3 Å². The van der Waals surface area contributed by atoms with E-state index in [1.807, 2.05) is 58.4 Å². The number of imidazole rings is 1. The van der Waals surface area contributed by atoms with E-state index in [1.165, 1.54) is 11.3 Å². The number of nitrogens with one attached hydrogen (secondary N) is 1. The second kappa shape index (κ2) is 9.09. The molecule has 0 atom stereocenters. The molecule has 160 valence electrons. The van der Waals surface area contributed by atoms with Crippen molar-refractivity contribution in [3.63, 3.8) is 0 Å². The van der Waals surface area contributed by atoms with Crippen molar-refractivity contribution in [2.75, 3.05) is 21.3 Å². The van der Waals surface area contributed by atoms with Crippen LogP contribution in [0.4, 0.5) is 0 Å². The quantitative estimate of drug-likeness (QED) is 0.452. The monoisotopic (exact) mass is 437 g/mol. The van der Waals surface area contributed by atoms with E-state index in [4.69, 9.17) is 19.2 Å². The molecule has 0 saturated carbocycles. The number of fused-ring (bicyclic) bond motifs is 1. The number of aromatic nitrogens is 2. The number of hydrogen-bond acceptors (Lipinski definition) is 6. The van der Waals surface area contributed by atoms with Gasteiger partial charge in [-0.3, -0.25) is 9.20 Å². The molecule has 4 rings (SSSR count). The molecule has 0 aliphatic heterocycles. The molecule has 0 aliphatic rings. The van der Waals surface area contributed by atoms with Crippen molar-refractivity contribution in [3.8, 4) is 28.5 Å². The third-order valence-electron chi connectivity index (χ3n) is 4.96. The largest absolute Gasteiger partial charge is 0.497 e. The number of hydrogen-bond donors (Lipinski definition) is 1. The zero-order valence-electron chi connectivity index (χ0n) is 17.5. The lowest BCUT2D eigenvalue weighted by atomic mass is 10.1. The van der Waals surface area contributed by atoms with Crippen LogP contribution in [0.1, 0.15) is 11.3 Å². The molecular weight excluding hydrogens is 414 g/mol. The molecule has 7 nitrogen and oxygen atoms in total. The Morgan fingerprint density at radius 1 is 1.03 bits per heavy atom. The van der Waals surface area contributed by atoms with Crippen molar-refractivity contribution in [2.24, 2.45) is 0 Å². The number of rotatable bonds is 8. The molecule has 2 aromatic carbocycles. The number of nitrogens with zero attached hydrogens (tertiary/aromatic N) is 2. The Kier molecular flexibility index (Phi) is 6.08. The van der Waals surface area contributed by atoms with Crippen molar-refractivity contribution >= 4 is 22.2 Å². The maximum Gasteiger partial charge on any atom is 0.226 e. The van der Waals surface area contributed by atoms with Gasteiger partial charge in [0.1, 0.15) is 17.2 Å². The number of benzene rings is 2. The highest BCUT2D eigenvalue weighted by Crippen LogP contribution is 2.34. The lowest BCUT2D eigenvalue weighted by molar-refractivity contribution is -0.120. The summed E-state index contributed by atoms with van der Waals surface area (Å²) in [6.07, 6.45) is 2.19. The minimum Gasteiger partial charge on any atom is -0.497 e. The van der Waals surface area contributed by atoms with Crippen LogP contribution in [0, 0.1) is 0 Å². The summed E-state index contributed by atoms with van der Waals surface area (Å²) in [5.41, 5.74) is 3.50. The predicted octanol–water partition coefficient (Wildman–Crippen LogP) is 3.95. The molecule has 2 aromatic heterocycles. The van der Waals surface area contributed by atoms with E-state index >= 15 is 0 Å². The second-order valence-corrected chi connectivity index (χ2v) is 7.71. The number of amides is 1. The van der Waals surface area contributed by atoms with Crippen molar-refractivity contribution in [3.05, 3.63) is 65.3 Å². The van der Waals surface area contributed by atoms with Gasteiger partial charge in [-0.05, 0) is 35.9 Å². The summed E-state index contributed by atoms with van der Waals surface area (Å²) in [6.45, 7) is 0.465. The first-order chi connectivity index (χ1) is 15.1. The first-order valence-corrected chi connectivity index (χ1v) is 10.6. The molecule has 2 heterocycles. The maximum absolute atomic E-state index is 12.5. The van der Waals surface area contributed by atoms with Crippen LogP contribution in [0.25, 0.3) is 16.2 Å². The van der Waals surface area contributed by atoms with E-state index < -0.39 is 0 Å². The highest BCUT2D eigenvalue weighted by molar-refractivity contribution is 7.15. The van der Waals surface area contributed by atoms with Crippen molar-refractivity contribution < 1.29 is 19.0 Å². The third kappa shape index (κ3) is 4.49. The minimum atomic E-state index is -0.0512. The summed E-state index contributed by atoms with van der Waals surface area (Å²) in [5, 5.41) is 4.93. The van der Waals surface area contributed by atoms with E-state index in [0.717, 1.165) is 39.0 Å². The van der Waals surface area contributed by atoms with Crippen molar-refractivity contribution in [1.82, 2.24) is 14.7 Å². The summed E-state index contributed by atoms with van der Waals surface area (Å²) in [4.78, 5) is 18.0. The summed E-state index contributed by atoms with van der Waals surface area (Å²) in [5.74, 6) is 2.18. The maximum atomic E-state index is 12.5. The van der Waals surface area contributed by atoms with Crippen LogP contribution in [0.3, 0.4) is 0 Å². The summed E-state index contributed by atoms with van der Waals surface area (Å²) >= 11 is 1.50. The molecular formula is C23H23N3O4S. The Morgan fingerprint density at radius 3 is 2.48 bits per heavy atom. The van der Waals surface area contributed by atoms with E-state index in [0.29, 0.717) is 12.3 Å². The van der Waals surface area contributed by atoms with Gasteiger partial charge in [-0.15, -0.1) is 11.3 Å². The average Bonchev–Trinajstić information content (AvgIpc) is 3.39. The molecule has 0 radical (unpaired) electrons. The molecule has 0 unspecified atom stereocenters. The van der Waals surface area contributed by atoms with Crippen LogP contribution < -0.4 is 19.5 Å². The van der Waals surface area contributed by atoms with Crippen molar-refractivity contribution in [2.45, 2.75) is 13.0 Å². The first kappa shape index (κ1) is 20.7. The first-order valence-electron chi connectivity index (χ1n) is 9.68. The van der Waals surface area contributed by atoms with Gasteiger partial charge in [-0.2, -0.15) is 0 Å². The lowest BCUT2D eigenvalue weighted by Crippen LogP contribution is -2.24. The van der Waals surface area contributed by atoms with Gasteiger partial charge < -0.3 is 19.5 Å². The SMILES string of the molecule is COc1ccc(CNC(=O)Cc2csc3nc(-c4cc(OC)ccc4OC)cn23)cc1. The normalized spacial score (nSPS) is 10.8. The topological polar surface area (TPSA) is 74.1 Å². The fourth-order valence-corrected chi connectivity index (χ4v) is 4.14. The molecule has 4 aromatic rings. The molecule has 1 amide bonds. The molecule has 8 heteroatoms. The van der Waals surface area contributed by atoms with Gasteiger partial charge in [0.2, 0.25) is 5.91 Å². The van der Waals surface area contributed by atoms with E-state index in [2.05, 4.69) is 5.32 Å². The fourth-order valence-electron chi connectivity index (χ4n) is 3.27. The van der Waals surface area contributed by atoms with Crippen LogP contribution in [0.2, 0.25) is 0 Å². The standard InChI is InChI=1S/C23H23N3O4S/c1-28-17-6-4-15(5-7-17)12-24-22(27)10-16-14-31-23-25-20(13-26(16)23)19-11-18(29-2)8-9-21(19)30-3/h4-9,11,13-14H,10,12H2,1-3H3,(H,24,27). The third-order valence-corrected chi connectivity index (χ3v) is 5.85. The van der Waals surface area contributed by atoms with Crippen LogP contribution in [-0.4, -0.2) is 36.6 Å². The molecule has 0 saturated heterocycles. The van der Waals surface area contributed by atoms with Crippen LogP contribution in [0.15, 0.2) is 54.0 Å². The van der Waals surface area contributed by atoms with Gasteiger partial charge in [-0.25, -0.2) is 4.98 Å². The van der Waals surface area contributed by atoms with Gasteiger partial charge >= 0.3 is 0 Å². The van der Waals surface area contributed by atoms with Gasteiger partial charge in [0.05, 0.1) is 33.4 Å². The van der Waals surface area contributed by atoms with Gasteiger partial charge in [0.15, 0.2) is 4.96 Å². The van der Waals surface area contributed by atoms with E-state index in [-0.39, 0.29) is 12.3 Å². The molecule has 0 fully saturated rings. The fraction of sp³-hybridized carbons (Fsp3) is 0.217. The molecule has 31 heavy (non-hydrogen) atoms. The predicted molar refractivity (Wildman–Crippen MR) is 120 cm³/mol. The number of methoxy groups -OCH3 is 3. The minimum absolute atomic E-state index is 0.0512. The van der Waals surface area contributed by atoms with Gasteiger partial charge in [0.25, 0.3) is 0 Å². The summed E-state index contributed by atoms with van der Waals surface area (Å²) in [6, 6.07) is 13.2. The van der Waals surface area contributed by atoms with Crippen LogP contribution in [0.5, 0.6) is 17.2 Å². The van der Waals surface area contributed by atoms with Crippen molar-refractivity contribution in [1.29, 1.82) is 0 Å². The Balaban J connectivity index is 1.49. The van der Waals surface area contributed by atoms with Gasteiger partial charge in [0, 0.05) is 29.4 Å². The van der Waals surface area contributed by atoms with Crippen LogP contribution in [-0.2, 0) is 17.8 Å². The lowest BCUT2D eigenvalue weighted by Gasteiger charge is -2.08. The molecule has 1 N–H and O–H groups in total. The Morgan fingerprint density at radius 2 is 1.77 bits per heavy atom. The number of carbonyl (C=O) groups is 1.